The van der Waals surface area contributed by atoms with Crippen LogP contribution >= 0.6 is 34.2 Å². The van der Waals surface area contributed by atoms with E-state index >= 15 is 0 Å². The number of nitriles is 1. The van der Waals surface area contributed by atoms with Crippen LogP contribution in [0.2, 0.25) is 5.02 Å². The molecule has 0 amide bonds. The lowest BCUT2D eigenvalue weighted by Gasteiger charge is -1.92. The van der Waals surface area contributed by atoms with Gasteiger partial charge < -0.3 is 0 Å². The lowest BCUT2D eigenvalue weighted by Crippen LogP contribution is -1.83. The first-order valence-corrected chi connectivity index (χ1v) is 3.91. The average Bonchev–Trinajstić information content (AvgIpc) is 1.88. The van der Waals surface area contributed by atoms with E-state index in [1.807, 2.05) is 6.07 Å². The Morgan fingerprint density at radius 1 is 1.70 bits per heavy atom. The first-order valence-electron chi connectivity index (χ1n) is 2.45. The molecule has 50 valence electrons. The molecule has 0 saturated heterocycles. The van der Waals surface area contributed by atoms with E-state index in [9.17, 15) is 0 Å². The van der Waals surface area contributed by atoms with Gasteiger partial charge in [-0.25, -0.2) is 4.98 Å². The van der Waals surface area contributed by atoms with Gasteiger partial charge in [0.15, 0.2) is 5.69 Å². The number of halogens is 2. The highest BCUT2D eigenvalue weighted by Gasteiger charge is 1.98. The zero-order valence-electron chi connectivity index (χ0n) is 4.81. The Balaban J connectivity index is 3.23. The number of aromatic nitrogens is 1. The smallest absolute Gasteiger partial charge is 0.159 e. The molecule has 0 aromatic carbocycles. The molecule has 1 heterocycles. The Hall–Kier alpha value is -0.340. The van der Waals surface area contributed by atoms with Crippen LogP contribution in [-0.4, -0.2) is 4.98 Å². The van der Waals surface area contributed by atoms with Gasteiger partial charge in [0.2, 0.25) is 0 Å². The molecule has 0 aliphatic carbocycles. The minimum absolute atomic E-state index is 0.280. The number of hydrogen-bond donors (Lipinski definition) is 0. The van der Waals surface area contributed by atoms with Crippen LogP contribution in [-0.2, 0) is 0 Å². The molecule has 2 nitrogen and oxygen atoms in total. The lowest BCUT2D eigenvalue weighted by atomic mass is 10.4. The van der Waals surface area contributed by atoms with Crippen molar-refractivity contribution in [3.63, 3.8) is 0 Å². The van der Waals surface area contributed by atoms with Crippen molar-refractivity contribution in [2.45, 2.75) is 0 Å². The molecule has 0 fully saturated rings. The van der Waals surface area contributed by atoms with Gasteiger partial charge in [-0.1, -0.05) is 11.6 Å². The third-order valence-corrected chi connectivity index (χ3v) is 1.79. The first kappa shape index (κ1) is 7.76. The van der Waals surface area contributed by atoms with E-state index in [0.29, 0.717) is 5.02 Å². The zero-order chi connectivity index (χ0) is 7.56. The van der Waals surface area contributed by atoms with Gasteiger partial charge in [-0.15, -0.1) is 0 Å². The monoisotopic (exact) mass is 264 g/mol. The molecule has 0 saturated carbocycles. The molecule has 0 N–H and O–H groups in total. The van der Waals surface area contributed by atoms with Gasteiger partial charge >= 0.3 is 0 Å². The van der Waals surface area contributed by atoms with Crippen molar-refractivity contribution in [2.75, 3.05) is 0 Å². The summed E-state index contributed by atoms with van der Waals surface area (Å²) in [5, 5.41) is 8.82. The minimum atomic E-state index is 0.280. The van der Waals surface area contributed by atoms with Crippen molar-refractivity contribution < 1.29 is 0 Å². The summed E-state index contributed by atoms with van der Waals surface area (Å²) >= 11 is 7.72. The molecule has 0 aliphatic rings. The Morgan fingerprint density at radius 3 is 2.90 bits per heavy atom. The van der Waals surface area contributed by atoms with Crippen LogP contribution in [0.15, 0.2) is 12.3 Å². The second-order valence-electron chi connectivity index (χ2n) is 1.60. The lowest BCUT2D eigenvalue weighted by molar-refractivity contribution is 1.25. The molecule has 0 unspecified atom stereocenters. The summed E-state index contributed by atoms with van der Waals surface area (Å²) in [6.07, 6.45) is 1.60. The SMILES string of the molecule is N#Cc1ncc(I)cc1Cl. The fourth-order valence-electron chi connectivity index (χ4n) is 0.497. The number of rotatable bonds is 0. The fraction of sp³-hybridized carbons (Fsp3) is 0. The summed E-state index contributed by atoms with van der Waals surface area (Å²) in [5.41, 5.74) is 0.280. The topological polar surface area (TPSA) is 36.7 Å². The van der Waals surface area contributed by atoms with E-state index in [4.69, 9.17) is 16.9 Å². The second kappa shape index (κ2) is 3.17. The molecule has 0 bridgehead atoms. The zero-order valence-corrected chi connectivity index (χ0v) is 7.72. The van der Waals surface area contributed by atoms with E-state index in [1.165, 1.54) is 0 Å². The van der Waals surface area contributed by atoms with E-state index in [2.05, 4.69) is 27.6 Å². The highest BCUT2D eigenvalue weighted by atomic mass is 127. The predicted octanol–water partition coefficient (Wildman–Crippen LogP) is 2.21. The Morgan fingerprint density at radius 2 is 2.40 bits per heavy atom. The molecule has 1 aromatic rings. The molecule has 0 radical (unpaired) electrons. The highest BCUT2D eigenvalue weighted by Crippen LogP contribution is 2.14. The van der Waals surface area contributed by atoms with Crippen molar-refractivity contribution in [1.82, 2.24) is 4.98 Å². The minimum Gasteiger partial charge on any atom is -0.243 e. The molecule has 10 heavy (non-hydrogen) atoms. The first-order chi connectivity index (χ1) is 4.74. The Kier molecular flexibility index (Phi) is 2.46. The number of hydrogen-bond acceptors (Lipinski definition) is 2. The van der Waals surface area contributed by atoms with Crippen LogP contribution in [0.3, 0.4) is 0 Å². The number of pyridine rings is 1. The van der Waals surface area contributed by atoms with Crippen molar-refractivity contribution in [1.29, 1.82) is 5.26 Å². The fourth-order valence-corrected chi connectivity index (χ4v) is 1.34. The molecule has 0 atom stereocenters. The van der Waals surface area contributed by atoms with Crippen molar-refractivity contribution >= 4 is 34.2 Å². The second-order valence-corrected chi connectivity index (χ2v) is 3.25. The standard InChI is InChI=1S/C6H2ClIN2/c7-5-1-4(8)3-10-6(5)2-9/h1,3H. The summed E-state index contributed by atoms with van der Waals surface area (Å²) in [6.45, 7) is 0. The van der Waals surface area contributed by atoms with Gasteiger partial charge in [0, 0.05) is 9.77 Å². The van der Waals surface area contributed by atoms with Crippen LogP contribution in [0.1, 0.15) is 5.69 Å². The highest BCUT2D eigenvalue weighted by molar-refractivity contribution is 14.1. The van der Waals surface area contributed by atoms with Crippen LogP contribution < -0.4 is 0 Å². The predicted molar refractivity (Wildman–Crippen MR) is 46.7 cm³/mol. The normalized spacial score (nSPS) is 8.90. The summed E-state index contributed by atoms with van der Waals surface area (Å²) in [7, 11) is 0. The van der Waals surface area contributed by atoms with E-state index in [-0.39, 0.29) is 5.69 Å². The maximum atomic E-state index is 8.41. The summed E-state index contributed by atoms with van der Waals surface area (Å²) < 4.78 is 0.932. The molecular weight excluding hydrogens is 262 g/mol. The summed E-state index contributed by atoms with van der Waals surface area (Å²) in [4.78, 5) is 3.80. The molecule has 0 aliphatic heterocycles. The molecular formula is C6H2ClIN2. The van der Waals surface area contributed by atoms with Gasteiger partial charge in [-0.3, -0.25) is 0 Å². The maximum absolute atomic E-state index is 8.41. The summed E-state index contributed by atoms with van der Waals surface area (Å²) in [5.74, 6) is 0. The molecule has 1 rings (SSSR count). The van der Waals surface area contributed by atoms with Gasteiger partial charge in [0.1, 0.15) is 6.07 Å². The largest absolute Gasteiger partial charge is 0.243 e. The van der Waals surface area contributed by atoms with E-state index < -0.39 is 0 Å². The molecule has 0 spiro atoms. The summed E-state index contributed by atoms with van der Waals surface area (Å²) in [6, 6.07) is 3.58. The third kappa shape index (κ3) is 1.58. The van der Waals surface area contributed by atoms with E-state index in [0.717, 1.165) is 3.57 Å². The molecule has 1 aromatic heterocycles. The van der Waals surface area contributed by atoms with Crippen LogP contribution in [0.25, 0.3) is 0 Å². The van der Waals surface area contributed by atoms with Gasteiger partial charge in [0.05, 0.1) is 5.02 Å². The van der Waals surface area contributed by atoms with Gasteiger partial charge in [0.25, 0.3) is 0 Å². The maximum Gasteiger partial charge on any atom is 0.159 e. The Labute approximate surface area is 77.0 Å². The van der Waals surface area contributed by atoms with Crippen LogP contribution in [0, 0.1) is 14.9 Å². The van der Waals surface area contributed by atoms with Crippen molar-refractivity contribution in [3.05, 3.63) is 26.5 Å². The Bertz CT molecular complexity index is 292. The van der Waals surface area contributed by atoms with Gasteiger partial charge in [-0.05, 0) is 28.7 Å². The van der Waals surface area contributed by atoms with E-state index in [1.54, 1.807) is 12.3 Å². The van der Waals surface area contributed by atoms with Gasteiger partial charge in [-0.2, -0.15) is 5.26 Å². The van der Waals surface area contributed by atoms with Crippen molar-refractivity contribution in [3.8, 4) is 6.07 Å². The quantitative estimate of drug-likeness (QED) is 0.674. The molecule has 4 heteroatoms. The van der Waals surface area contributed by atoms with Crippen LogP contribution in [0.5, 0.6) is 0 Å². The third-order valence-electron chi connectivity index (χ3n) is 0.914. The average molecular weight is 264 g/mol. The number of nitrogens with zero attached hydrogens (tertiary/aromatic N) is 2. The van der Waals surface area contributed by atoms with Crippen LogP contribution in [0.4, 0.5) is 0 Å². The van der Waals surface area contributed by atoms with Crippen molar-refractivity contribution in [2.24, 2.45) is 0 Å².